The summed E-state index contributed by atoms with van der Waals surface area (Å²) in [5.74, 6) is 0.609. The van der Waals surface area contributed by atoms with Gasteiger partial charge in [0.1, 0.15) is 5.84 Å². The maximum Gasteiger partial charge on any atom is 0.151 e. The Hall–Kier alpha value is -1.78. The van der Waals surface area contributed by atoms with Gasteiger partial charge in [0.25, 0.3) is 0 Å². The van der Waals surface area contributed by atoms with Crippen LogP contribution in [0.5, 0.6) is 0 Å². The molecule has 4 nitrogen and oxygen atoms in total. The van der Waals surface area contributed by atoms with Crippen LogP contribution in [0, 0.1) is 5.41 Å². The van der Waals surface area contributed by atoms with Crippen molar-refractivity contribution in [1.29, 1.82) is 5.41 Å². The molecular weight excluding hydrogens is 283 g/mol. The third-order valence-corrected chi connectivity index (χ3v) is 3.14. The van der Waals surface area contributed by atoms with Gasteiger partial charge in [0.2, 0.25) is 0 Å². The molecule has 1 aromatic carbocycles. The molecule has 98 valence electrons. The molecule has 0 saturated heterocycles. The number of nitrogen functional groups attached to an aromatic ring is 1. The van der Waals surface area contributed by atoms with Gasteiger partial charge in [-0.25, -0.2) is 4.98 Å². The first-order chi connectivity index (χ1) is 8.99. The zero-order valence-electron chi connectivity index (χ0n) is 10.2. The van der Waals surface area contributed by atoms with E-state index in [0.717, 1.165) is 5.69 Å². The summed E-state index contributed by atoms with van der Waals surface area (Å²) in [5, 5.41) is 8.40. The van der Waals surface area contributed by atoms with Crippen LogP contribution in [0.1, 0.15) is 5.56 Å². The van der Waals surface area contributed by atoms with Gasteiger partial charge in [0, 0.05) is 24.5 Å². The molecule has 0 aliphatic carbocycles. The topological polar surface area (TPSA) is 66.0 Å². The van der Waals surface area contributed by atoms with Crippen LogP contribution in [-0.2, 0) is 0 Å². The van der Waals surface area contributed by atoms with E-state index in [4.69, 9.17) is 34.3 Å². The molecule has 1 aromatic heterocycles. The Morgan fingerprint density at radius 1 is 1.32 bits per heavy atom. The van der Waals surface area contributed by atoms with Crippen molar-refractivity contribution in [3.05, 3.63) is 52.1 Å². The van der Waals surface area contributed by atoms with Crippen LogP contribution in [0.25, 0.3) is 0 Å². The van der Waals surface area contributed by atoms with E-state index in [0.29, 0.717) is 21.4 Å². The molecule has 2 aromatic rings. The predicted octanol–water partition coefficient (Wildman–Crippen LogP) is 3.44. The Kier molecular flexibility index (Phi) is 3.93. The molecule has 6 heteroatoms. The lowest BCUT2D eigenvalue weighted by atomic mass is 10.2. The molecule has 1 heterocycles. The summed E-state index contributed by atoms with van der Waals surface area (Å²) in [7, 11) is 1.83. The molecule has 0 spiro atoms. The first kappa shape index (κ1) is 13.6. The molecule has 19 heavy (non-hydrogen) atoms. The van der Waals surface area contributed by atoms with E-state index in [-0.39, 0.29) is 5.84 Å². The normalized spacial score (nSPS) is 10.3. The van der Waals surface area contributed by atoms with Gasteiger partial charge in [-0.2, -0.15) is 0 Å². The lowest BCUT2D eigenvalue weighted by molar-refractivity contribution is 1.13. The lowest BCUT2D eigenvalue weighted by Gasteiger charge is -2.20. The number of nitrogens with zero attached hydrogens (tertiary/aromatic N) is 2. The summed E-state index contributed by atoms with van der Waals surface area (Å²) in [5.41, 5.74) is 6.96. The molecule has 0 aliphatic heterocycles. The molecular formula is C13H12Cl2N4. The van der Waals surface area contributed by atoms with Gasteiger partial charge in [-0.15, -0.1) is 0 Å². The molecule has 0 saturated carbocycles. The van der Waals surface area contributed by atoms with E-state index in [1.807, 2.05) is 24.1 Å². The number of anilines is 2. The number of hydrogen-bond acceptors (Lipinski definition) is 3. The zero-order chi connectivity index (χ0) is 14.0. The third kappa shape index (κ3) is 2.97. The first-order valence-electron chi connectivity index (χ1n) is 5.48. The fraction of sp³-hybridized carbons (Fsp3) is 0.0769. The van der Waals surface area contributed by atoms with Crippen molar-refractivity contribution in [2.45, 2.75) is 0 Å². The van der Waals surface area contributed by atoms with E-state index in [9.17, 15) is 0 Å². The second kappa shape index (κ2) is 5.47. The number of pyridine rings is 1. The Labute approximate surface area is 121 Å². The van der Waals surface area contributed by atoms with Crippen molar-refractivity contribution in [3.63, 3.8) is 0 Å². The molecule has 0 fully saturated rings. The van der Waals surface area contributed by atoms with Gasteiger partial charge in [-0.1, -0.05) is 35.3 Å². The molecule has 0 amide bonds. The summed E-state index contributed by atoms with van der Waals surface area (Å²) in [4.78, 5) is 6.02. The molecule has 3 N–H and O–H groups in total. The second-order valence-corrected chi connectivity index (χ2v) is 4.83. The van der Waals surface area contributed by atoms with Crippen LogP contribution in [0.4, 0.5) is 11.5 Å². The molecule has 2 rings (SSSR count). The minimum Gasteiger partial charge on any atom is -0.384 e. The third-order valence-electron chi connectivity index (χ3n) is 2.65. The van der Waals surface area contributed by atoms with Gasteiger partial charge >= 0.3 is 0 Å². The van der Waals surface area contributed by atoms with E-state index in [1.54, 1.807) is 18.2 Å². The fourth-order valence-electron chi connectivity index (χ4n) is 1.66. The van der Waals surface area contributed by atoms with E-state index >= 15 is 0 Å². The molecule has 0 aliphatic rings. The quantitative estimate of drug-likeness (QED) is 0.673. The fourth-order valence-corrected chi connectivity index (χ4v) is 2.17. The Morgan fingerprint density at radius 2 is 2.05 bits per heavy atom. The van der Waals surface area contributed by atoms with E-state index < -0.39 is 0 Å². The first-order valence-corrected chi connectivity index (χ1v) is 6.24. The molecule has 0 atom stereocenters. The van der Waals surface area contributed by atoms with Crippen LogP contribution in [0.2, 0.25) is 10.0 Å². The molecule has 0 radical (unpaired) electrons. The van der Waals surface area contributed by atoms with Crippen molar-refractivity contribution in [2.75, 3.05) is 11.9 Å². The maximum atomic E-state index is 7.45. The highest BCUT2D eigenvalue weighted by Crippen LogP contribution is 2.30. The summed E-state index contributed by atoms with van der Waals surface area (Å²) in [6.45, 7) is 0. The van der Waals surface area contributed by atoms with Gasteiger partial charge in [0.15, 0.2) is 5.82 Å². The SMILES string of the molecule is CN(c1cccc(C(=N)N)c1)c1ncc(Cl)cc1Cl. The van der Waals surface area contributed by atoms with Crippen LogP contribution in [0.15, 0.2) is 36.5 Å². The Morgan fingerprint density at radius 3 is 2.68 bits per heavy atom. The number of rotatable bonds is 3. The minimum absolute atomic E-state index is 0.0189. The van der Waals surface area contributed by atoms with Crippen molar-refractivity contribution in [1.82, 2.24) is 4.98 Å². The lowest BCUT2D eigenvalue weighted by Crippen LogP contribution is -2.15. The van der Waals surface area contributed by atoms with Crippen molar-refractivity contribution < 1.29 is 0 Å². The maximum absolute atomic E-state index is 7.45. The number of aromatic nitrogens is 1. The number of benzene rings is 1. The van der Waals surface area contributed by atoms with Crippen molar-refractivity contribution in [3.8, 4) is 0 Å². The molecule has 0 bridgehead atoms. The van der Waals surface area contributed by atoms with E-state index in [1.165, 1.54) is 6.20 Å². The number of hydrogen-bond donors (Lipinski definition) is 2. The van der Waals surface area contributed by atoms with Gasteiger partial charge < -0.3 is 10.6 Å². The van der Waals surface area contributed by atoms with E-state index in [2.05, 4.69) is 4.98 Å². The van der Waals surface area contributed by atoms with Crippen LogP contribution in [0.3, 0.4) is 0 Å². The average Bonchev–Trinajstić information content (AvgIpc) is 2.38. The Bertz CT molecular complexity index is 628. The monoisotopic (exact) mass is 294 g/mol. The Balaban J connectivity index is 2.41. The zero-order valence-corrected chi connectivity index (χ0v) is 11.7. The van der Waals surface area contributed by atoms with Crippen LogP contribution < -0.4 is 10.6 Å². The summed E-state index contributed by atoms with van der Waals surface area (Å²) in [6.07, 6.45) is 1.54. The predicted molar refractivity (Wildman–Crippen MR) is 79.8 cm³/mol. The number of nitrogens with two attached hydrogens (primary N) is 1. The standard InChI is InChI=1S/C13H12Cl2N4/c1-19(13-11(15)6-9(14)7-18-13)10-4-2-3-8(5-10)12(16)17/h2-7H,1H3,(H3,16,17). The second-order valence-electron chi connectivity index (χ2n) is 3.98. The summed E-state index contributed by atoms with van der Waals surface area (Å²) in [6, 6.07) is 8.92. The number of halogens is 2. The van der Waals surface area contributed by atoms with Gasteiger partial charge in [0.05, 0.1) is 10.0 Å². The molecule has 0 unspecified atom stereocenters. The minimum atomic E-state index is 0.0189. The number of nitrogens with one attached hydrogen (secondary N) is 1. The van der Waals surface area contributed by atoms with Crippen molar-refractivity contribution >= 4 is 40.5 Å². The summed E-state index contributed by atoms with van der Waals surface area (Å²) < 4.78 is 0. The highest BCUT2D eigenvalue weighted by Gasteiger charge is 2.11. The smallest absolute Gasteiger partial charge is 0.151 e. The highest BCUT2D eigenvalue weighted by atomic mass is 35.5. The number of amidine groups is 1. The van der Waals surface area contributed by atoms with Crippen molar-refractivity contribution in [2.24, 2.45) is 5.73 Å². The van der Waals surface area contributed by atoms with Gasteiger partial charge in [-0.05, 0) is 18.2 Å². The largest absolute Gasteiger partial charge is 0.384 e. The van der Waals surface area contributed by atoms with Gasteiger partial charge in [-0.3, -0.25) is 5.41 Å². The van der Waals surface area contributed by atoms with Crippen LogP contribution in [-0.4, -0.2) is 17.9 Å². The summed E-state index contributed by atoms with van der Waals surface area (Å²) >= 11 is 11.9. The van der Waals surface area contributed by atoms with Crippen LogP contribution >= 0.6 is 23.2 Å². The highest BCUT2D eigenvalue weighted by molar-refractivity contribution is 6.36. The average molecular weight is 295 g/mol.